The summed E-state index contributed by atoms with van der Waals surface area (Å²) in [7, 11) is 3.77. The van der Waals surface area contributed by atoms with Crippen LogP contribution in [0, 0.1) is 0 Å². The molecule has 15 heavy (non-hydrogen) atoms. The van der Waals surface area contributed by atoms with Crippen molar-refractivity contribution in [2.24, 2.45) is 0 Å². The Kier molecular flexibility index (Phi) is 5.65. The van der Waals surface area contributed by atoms with E-state index in [0.717, 1.165) is 31.6 Å². The molecule has 1 aromatic rings. The molecule has 0 bridgehead atoms. The van der Waals surface area contributed by atoms with Gasteiger partial charge in [0.1, 0.15) is 0 Å². The lowest BCUT2D eigenvalue weighted by Gasteiger charge is -2.04. The minimum Gasteiger partial charge on any atom is -0.357 e. The fraction of sp³-hybridized carbons (Fsp3) is 0.600. The van der Waals surface area contributed by atoms with E-state index in [4.69, 9.17) is 0 Å². The fourth-order valence-electron chi connectivity index (χ4n) is 1.20. The maximum atomic E-state index is 4.14. The van der Waals surface area contributed by atoms with Gasteiger partial charge < -0.3 is 16.0 Å². The van der Waals surface area contributed by atoms with Crippen LogP contribution in [-0.2, 0) is 6.54 Å². The van der Waals surface area contributed by atoms with Gasteiger partial charge in [-0.3, -0.25) is 0 Å². The number of aromatic nitrogens is 2. The number of rotatable bonds is 7. The molecule has 5 heteroatoms. The molecule has 0 saturated heterocycles. The molecule has 1 rings (SSSR count). The molecule has 0 spiro atoms. The van der Waals surface area contributed by atoms with Gasteiger partial charge in [0.05, 0.1) is 0 Å². The van der Waals surface area contributed by atoms with Crippen molar-refractivity contribution in [2.75, 3.05) is 32.5 Å². The second kappa shape index (κ2) is 7.14. The summed E-state index contributed by atoms with van der Waals surface area (Å²) < 4.78 is 0. The zero-order chi connectivity index (χ0) is 10.9. The summed E-state index contributed by atoms with van der Waals surface area (Å²) in [6.07, 6.45) is 4.81. The minimum absolute atomic E-state index is 0.661. The Morgan fingerprint density at radius 2 is 1.87 bits per heavy atom. The average molecular weight is 209 g/mol. The third-order valence-electron chi connectivity index (χ3n) is 2.04. The van der Waals surface area contributed by atoms with Gasteiger partial charge in [-0.15, -0.1) is 0 Å². The van der Waals surface area contributed by atoms with Crippen LogP contribution in [0.4, 0.5) is 5.95 Å². The van der Waals surface area contributed by atoms with Crippen LogP contribution in [0.3, 0.4) is 0 Å². The highest BCUT2D eigenvalue weighted by molar-refractivity contribution is 5.22. The zero-order valence-corrected chi connectivity index (χ0v) is 9.38. The van der Waals surface area contributed by atoms with Crippen molar-refractivity contribution in [3.05, 3.63) is 18.0 Å². The van der Waals surface area contributed by atoms with E-state index in [0.29, 0.717) is 5.95 Å². The highest BCUT2D eigenvalue weighted by Gasteiger charge is 1.94. The van der Waals surface area contributed by atoms with E-state index in [-0.39, 0.29) is 0 Å². The van der Waals surface area contributed by atoms with Crippen LogP contribution in [0.25, 0.3) is 0 Å². The van der Waals surface area contributed by atoms with Crippen LogP contribution in [0.5, 0.6) is 0 Å². The molecule has 0 unspecified atom stereocenters. The van der Waals surface area contributed by atoms with Crippen molar-refractivity contribution in [3.8, 4) is 0 Å². The second-order valence-corrected chi connectivity index (χ2v) is 3.30. The minimum atomic E-state index is 0.661. The Balaban J connectivity index is 2.20. The average Bonchev–Trinajstić information content (AvgIpc) is 2.30. The van der Waals surface area contributed by atoms with Crippen molar-refractivity contribution in [2.45, 2.75) is 13.0 Å². The quantitative estimate of drug-likeness (QED) is 0.561. The zero-order valence-electron chi connectivity index (χ0n) is 9.38. The number of nitrogens with zero attached hydrogens (tertiary/aromatic N) is 2. The van der Waals surface area contributed by atoms with Gasteiger partial charge >= 0.3 is 0 Å². The Bertz CT molecular complexity index is 259. The smallest absolute Gasteiger partial charge is 0.222 e. The van der Waals surface area contributed by atoms with E-state index in [1.165, 1.54) is 0 Å². The molecule has 5 nitrogen and oxygen atoms in total. The first-order valence-electron chi connectivity index (χ1n) is 5.21. The van der Waals surface area contributed by atoms with Crippen molar-refractivity contribution in [1.29, 1.82) is 0 Å². The predicted octanol–water partition coefficient (Wildman–Crippen LogP) is 0.217. The maximum Gasteiger partial charge on any atom is 0.222 e. The summed E-state index contributed by atoms with van der Waals surface area (Å²) in [4.78, 5) is 8.28. The lowest BCUT2D eigenvalue weighted by atomic mass is 10.3. The Morgan fingerprint density at radius 3 is 2.47 bits per heavy atom. The first-order valence-corrected chi connectivity index (χ1v) is 5.21. The van der Waals surface area contributed by atoms with Crippen molar-refractivity contribution < 1.29 is 0 Å². The number of anilines is 1. The summed E-state index contributed by atoms with van der Waals surface area (Å²) in [6, 6.07) is 0. The van der Waals surface area contributed by atoms with E-state index in [1.54, 1.807) is 0 Å². The highest BCUT2D eigenvalue weighted by atomic mass is 15.1. The van der Waals surface area contributed by atoms with E-state index >= 15 is 0 Å². The predicted molar refractivity (Wildman–Crippen MR) is 61.8 cm³/mol. The summed E-state index contributed by atoms with van der Waals surface area (Å²) in [5, 5.41) is 9.33. The Morgan fingerprint density at radius 1 is 1.13 bits per heavy atom. The molecule has 1 heterocycles. The number of hydrogen-bond acceptors (Lipinski definition) is 5. The van der Waals surface area contributed by atoms with Crippen LogP contribution in [0.15, 0.2) is 12.4 Å². The van der Waals surface area contributed by atoms with E-state index in [9.17, 15) is 0 Å². The molecule has 0 aliphatic carbocycles. The largest absolute Gasteiger partial charge is 0.357 e. The van der Waals surface area contributed by atoms with Gasteiger partial charge in [0.25, 0.3) is 0 Å². The van der Waals surface area contributed by atoms with Crippen LogP contribution < -0.4 is 16.0 Å². The molecule has 0 amide bonds. The summed E-state index contributed by atoms with van der Waals surface area (Å²) in [5.74, 6) is 0.661. The second-order valence-electron chi connectivity index (χ2n) is 3.30. The molecule has 84 valence electrons. The van der Waals surface area contributed by atoms with Crippen LogP contribution >= 0.6 is 0 Å². The first kappa shape index (κ1) is 11.9. The topological polar surface area (TPSA) is 61.9 Å². The molecule has 3 N–H and O–H groups in total. The lowest BCUT2D eigenvalue weighted by Crippen LogP contribution is -2.19. The molecular weight excluding hydrogens is 190 g/mol. The molecule has 0 aliphatic heterocycles. The third kappa shape index (κ3) is 4.71. The highest BCUT2D eigenvalue weighted by Crippen LogP contribution is 1.98. The van der Waals surface area contributed by atoms with Gasteiger partial charge in [-0.1, -0.05) is 0 Å². The number of hydrogen-bond donors (Lipinski definition) is 3. The third-order valence-corrected chi connectivity index (χ3v) is 2.04. The normalized spacial score (nSPS) is 10.3. The molecule has 0 radical (unpaired) electrons. The van der Waals surface area contributed by atoms with Gasteiger partial charge in [-0.2, -0.15) is 0 Å². The molecule has 0 aromatic carbocycles. The SMILES string of the molecule is CNCCCNCc1cnc(NC)nc1. The van der Waals surface area contributed by atoms with Crippen LogP contribution in [-0.4, -0.2) is 37.2 Å². The van der Waals surface area contributed by atoms with Crippen molar-refractivity contribution in [3.63, 3.8) is 0 Å². The van der Waals surface area contributed by atoms with Gasteiger partial charge in [-0.05, 0) is 26.6 Å². The summed E-state index contributed by atoms with van der Waals surface area (Å²) in [6.45, 7) is 2.88. The van der Waals surface area contributed by atoms with E-state index in [2.05, 4.69) is 25.9 Å². The van der Waals surface area contributed by atoms with Crippen molar-refractivity contribution in [1.82, 2.24) is 20.6 Å². The molecule has 0 atom stereocenters. The molecular formula is C10H19N5. The Labute approximate surface area is 90.7 Å². The van der Waals surface area contributed by atoms with Gasteiger partial charge in [0, 0.05) is 31.5 Å². The van der Waals surface area contributed by atoms with Gasteiger partial charge in [-0.25, -0.2) is 9.97 Å². The molecule has 0 fully saturated rings. The molecule has 0 saturated carbocycles. The molecule has 0 aliphatic rings. The monoisotopic (exact) mass is 209 g/mol. The first-order chi connectivity index (χ1) is 7.36. The summed E-state index contributed by atoms with van der Waals surface area (Å²) >= 11 is 0. The fourth-order valence-corrected chi connectivity index (χ4v) is 1.20. The van der Waals surface area contributed by atoms with Gasteiger partial charge in [0.2, 0.25) is 5.95 Å². The van der Waals surface area contributed by atoms with E-state index in [1.807, 2.05) is 26.5 Å². The van der Waals surface area contributed by atoms with Gasteiger partial charge in [0.15, 0.2) is 0 Å². The van der Waals surface area contributed by atoms with Crippen LogP contribution in [0.2, 0.25) is 0 Å². The Hall–Kier alpha value is -1.20. The lowest BCUT2D eigenvalue weighted by molar-refractivity contribution is 0.623. The summed E-state index contributed by atoms with van der Waals surface area (Å²) in [5.41, 5.74) is 1.11. The standard InChI is InChI=1S/C10H19N5/c1-11-4-3-5-13-6-9-7-14-10(12-2)15-8-9/h7-8,11,13H,3-6H2,1-2H3,(H,12,14,15). The maximum absolute atomic E-state index is 4.14. The number of nitrogens with one attached hydrogen (secondary N) is 3. The van der Waals surface area contributed by atoms with E-state index < -0.39 is 0 Å². The van der Waals surface area contributed by atoms with Crippen molar-refractivity contribution >= 4 is 5.95 Å². The van der Waals surface area contributed by atoms with Crippen LogP contribution in [0.1, 0.15) is 12.0 Å². The molecule has 1 aromatic heterocycles.